The molecular formula is C19H27N3O. The van der Waals surface area contributed by atoms with Gasteiger partial charge in [-0.2, -0.15) is 0 Å². The number of carbonyl (C=O) groups excluding carboxylic acids is 1. The topological polar surface area (TPSA) is 37.3 Å². The number of fused-ring (bicyclic) bond motifs is 1. The first-order valence-electron chi connectivity index (χ1n) is 8.48. The van der Waals surface area contributed by atoms with Crippen LogP contribution in [-0.2, 0) is 18.4 Å². The van der Waals surface area contributed by atoms with E-state index >= 15 is 0 Å². The first-order chi connectivity index (χ1) is 11.0. The van der Waals surface area contributed by atoms with E-state index in [1.807, 2.05) is 0 Å². The average Bonchev–Trinajstić information content (AvgIpc) is 3.01. The monoisotopic (exact) mass is 313 g/mol. The van der Waals surface area contributed by atoms with Crippen LogP contribution in [0.3, 0.4) is 0 Å². The highest BCUT2D eigenvalue weighted by molar-refractivity contribution is 5.81. The number of hydrogen-bond acceptors (Lipinski definition) is 2. The number of nitrogens with zero attached hydrogens (tertiary/aromatic N) is 2. The Kier molecular flexibility index (Phi) is 4.44. The Bertz CT molecular complexity index is 704. The molecule has 2 atom stereocenters. The van der Waals surface area contributed by atoms with E-state index in [2.05, 4.69) is 66.0 Å². The van der Waals surface area contributed by atoms with Crippen molar-refractivity contribution >= 4 is 16.8 Å². The third kappa shape index (κ3) is 3.27. The molecule has 1 aromatic heterocycles. The molecule has 2 heterocycles. The van der Waals surface area contributed by atoms with Gasteiger partial charge < -0.3 is 9.88 Å². The number of benzene rings is 1. The SMILES string of the molecule is CC(=O)N[C@@H]1CN(Cc2cc3ccccc3n2C)C[C@H]1C(C)C. The Balaban J connectivity index is 1.77. The van der Waals surface area contributed by atoms with Crippen LogP contribution in [0.4, 0.5) is 0 Å². The van der Waals surface area contributed by atoms with Gasteiger partial charge in [-0.05, 0) is 29.4 Å². The fraction of sp³-hybridized carbons (Fsp3) is 0.526. The van der Waals surface area contributed by atoms with Crippen molar-refractivity contribution in [1.29, 1.82) is 0 Å². The van der Waals surface area contributed by atoms with E-state index in [0.29, 0.717) is 11.8 Å². The quantitative estimate of drug-likeness (QED) is 0.942. The van der Waals surface area contributed by atoms with Gasteiger partial charge in [0.2, 0.25) is 5.91 Å². The first kappa shape index (κ1) is 16.1. The molecule has 1 amide bonds. The van der Waals surface area contributed by atoms with Crippen molar-refractivity contribution in [2.45, 2.75) is 33.4 Å². The predicted octanol–water partition coefficient (Wildman–Crippen LogP) is 2.77. The van der Waals surface area contributed by atoms with Crippen LogP contribution < -0.4 is 5.32 Å². The highest BCUT2D eigenvalue weighted by Gasteiger charge is 2.35. The van der Waals surface area contributed by atoms with Crippen molar-refractivity contribution in [3.63, 3.8) is 0 Å². The average molecular weight is 313 g/mol. The number of hydrogen-bond donors (Lipinski definition) is 1. The van der Waals surface area contributed by atoms with Crippen LogP contribution in [0.2, 0.25) is 0 Å². The normalized spacial score (nSPS) is 22.1. The summed E-state index contributed by atoms with van der Waals surface area (Å²) in [5.41, 5.74) is 2.61. The molecule has 0 unspecified atom stereocenters. The van der Waals surface area contributed by atoms with Gasteiger partial charge in [0.1, 0.15) is 0 Å². The van der Waals surface area contributed by atoms with Crippen LogP contribution in [-0.4, -0.2) is 34.5 Å². The Morgan fingerprint density at radius 1 is 1.30 bits per heavy atom. The minimum atomic E-state index is 0.0760. The summed E-state index contributed by atoms with van der Waals surface area (Å²) in [6, 6.07) is 11.1. The van der Waals surface area contributed by atoms with Crippen molar-refractivity contribution in [3.8, 4) is 0 Å². The van der Waals surface area contributed by atoms with Crippen LogP contribution in [0.25, 0.3) is 10.9 Å². The Hall–Kier alpha value is -1.81. The third-order valence-corrected chi connectivity index (χ3v) is 5.12. The maximum Gasteiger partial charge on any atom is 0.217 e. The number of carbonyl (C=O) groups is 1. The number of aromatic nitrogens is 1. The zero-order valence-electron chi connectivity index (χ0n) is 14.5. The molecule has 4 heteroatoms. The molecule has 23 heavy (non-hydrogen) atoms. The number of amides is 1. The van der Waals surface area contributed by atoms with E-state index in [1.54, 1.807) is 6.92 Å². The Morgan fingerprint density at radius 2 is 2.04 bits per heavy atom. The lowest BCUT2D eigenvalue weighted by molar-refractivity contribution is -0.119. The van der Waals surface area contributed by atoms with Gasteiger partial charge in [-0.3, -0.25) is 9.69 Å². The number of likely N-dealkylation sites (tertiary alicyclic amines) is 1. The number of rotatable bonds is 4. The molecule has 1 aliphatic rings. The van der Waals surface area contributed by atoms with Crippen LogP contribution in [0, 0.1) is 11.8 Å². The summed E-state index contributed by atoms with van der Waals surface area (Å²) < 4.78 is 2.28. The molecule has 1 fully saturated rings. The van der Waals surface area contributed by atoms with Crippen LogP contribution in [0.1, 0.15) is 26.5 Å². The van der Waals surface area contributed by atoms with Crippen molar-refractivity contribution in [3.05, 3.63) is 36.0 Å². The lowest BCUT2D eigenvalue weighted by atomic mass is 9.91. The maximum absolute atomic E-state index is 11.5. The summed E-state index contributed by atoms with van der Waals surface area (Å²) >= 11 is 0. The summed E-state index contributed by atoms with van der Waals surface area (Å²) in [7, 11) is 2.14. The zero-order valence-corrected chi connectivity index (χ0v) is 14.5. The molecule has 0 bridgehead atoms. The fourth-order valence-electron chi connectivity index (χ4n) is 3.86. The Morgan fingerprint density at radius 3 is 2.70 bits per heavy atom. The minimum Gasteiger partial charge on any atom is -0.352 e. The van der Waals surface area contributed by atoms with Gasteiger partial charge in [0.25, 0.3) is 0 Å². The highest BCUT2D eigenvalue weighted by atomic mass is 16.1. The second-order valence-corrected chi connectivity index (χ2v) is 7.16. The smallest absolute Gasteiger partial charge is 0.217 e. The van der Waals surface area contributed by atoms with E-state index in [9.17, 15) is 4.79 Å². The molecule has 0 aliphatic carbocycles. The van der Waals surface area contributed by atoms with Crippen LogP contribution in [0.5, 0.6) is 0 Å². The van der Waals surface area contributed by atoms with Crippen LogP contribution in [0.15, 0.2) is 30.3 Å². The van der Waals surface area contributed by atoms with E-state index in [1.165, 1.54) is 16.6 Å². The molecule has 0 saturated carbocycles. The second kappa shape index (κ2) is 6.36. The van der Waals surface area contributed by atoms with Gasteiger partial charge in [0.05, 0.1) is 0 Å². The molecule has 1 aliphatic heterocycles. The van der Waals surface area contributed by atoms with Gasteiger partial charge in [0.15, 0.2) is 0 Å². The zero-order chi connectivity index (χ0) is 16.6. The van der Waals surface area contributed by atoms with Crippen LogP contribution >= 0.6 is 0 Å². The van der Waals surface area contributed by atoms with E-state index in [0.717, 1.165) is 19.6 Å². The van der Waals surface area contributed by atoms with Crippen molar-refractivity contribution in [2.75, 3.05) is 13.1 Å². The largest absolute Gasteiger partial charge is 0.352 e. The number of nitrogens with one attached hydrogen (secondary N) is 1. The molecule has 1 aromatic carbocycles. The van der Waals surface area contributed by atoms with Gasteiger partial charge in [-0.15, -0.1) is 0 Å². The maximum atomic E-state index is 11.5. The van der Waals surface area contributed by atoms with E-state index in [-0.39, 0.29) is 11.9 Å². The summed E-state index contributed by atoms with van der Waals surface area (Å²) in [4.78, 5) is 13.9. The third-order valence-electron chi connectivity index (χ3n) is 5.12. The first-order valence-corrected chi connectivity index (χ1v) is 8.48. The summed E-state index contributed by atoms with van der Waals surface area (Å²) in [5.74, 6) is 1.17. The second-order valence-electron chi connectivity index (χ2n) is 7.16. The van der Waals surface area contributed by atoms with Gasteiger partial charge >= 0.3 is 0 Å². The minimum absolute atomic E-state index is 0.0760. The molecule has 4 nitrogen and oxygen atoms in total. The molecule has 1 N–H and O–H groups in total. The Labute approximate surface area is 138 Å². The fourth-order valence-corrected chi connectivity index (χ4v) is 3.86. The molecule has 1 saturated heterocycles. The summed E-state index contributed by atoms with van der Waals surface area (Å²) in [5, 5.41) is 4.44. The highest BCUT2D eigenvalue weighted by Crippen LogP contribution is 2.27. The predicted molar refractivity (Wildman–Crippen MR) is 94.1 cm³/mol. The summed E-state index contributed by atoms with van der Waals surface area (Å²) in [6.07, 6.45) is 0. The number of aryl methyl sites for hydroxylation is 1. The van der Waals surface area contributed by atoms with Gasteiger partial charge in [0, 0.05) is 50.9 Å². The molecule has 2 aromatic rings. The standard InChI is InChI=1S/C19H27N3O/c1-13(2)17-11-22(12-18(17)20-14(3)23)10-16-9-15-7-5-6-8-19(15)21(16)4/h5-9,13,17-18H,10-12H2,1-4H3,(H,20,23)/t17-,18+/m0/s1. The van der Waals surface area contributed by atoms with E-state index in [4.69, 9.17) is 0 Å². The molecular weight excluding hydrogens is 286 g/mol. The van der Waals surface area contributed by atoms with Gasteiger partial charge in [-0.1, -0.05) is 32.0 Å². The molecule has 0 radical (unpaired) electrons. The van der Waals surface area contributed by atoms with Crippen molar-refractivity contribution in [1.82, 2.24) is 14.8 Å². The molecule has 124 valence electrons. The van der Waals surface area contributed by atoms with Crippen molar-refractivity contribution < 1.29 is 4.79 Å². The molecule has 0 spiro atoms. The van der Waals surface area contributed by atoms with Crippen molar-refractivity contribution in [2.24, 2.45) is 18.9 Å². The van der Waals surface area contributed by atoms with Gasteiger partial charge in [-0.25, -0.2) is 0 Å². The molecule has 3 rings (SSSR count). The lowest BCUT2D eigenvalue weighted by Crippen LogP contribution is -2.40. The van der Waals surface area contributed by atoms with E-state index < -0.39 is 0 Å². The summed E-state index contributed by atoms with van der Waals surface area (Å²) in [6.45, 7) is 9.03. The number of para-hydroxylation sites is 1. The lowest BCUT2D eigenvalue weighted by Gasteiger charge is -2.22.